The minimum absolute atomic E-state index is 0.330. The molecule has 6 heteroatoms. The van der Waals surface area contributed by atoms with Crippen molar-refractivity contribution in [1.29, 1.82) is 0 Å². The zero-order valence-corrected chi connectivity index (χ0v) is 13.2. The van der Waals surface area contributed by atoms with Crippen LogP contribution in [0.5, 0.6) is 11.5 Å². The van der Waals surface area contributed by atoms with Crippen molar-refractivity contribution in [2.45, 2.75) is 13.8 Å². The first-order valence-corrected chi connectivity index (χ1v) is 7.29. The summed E-state index contributed by atoms with van der Waals surface area (Å²) in [7, 11) is 3.19. The predicted octanol–water partition coefficient (Wildman–Crippen LogP) is 3.31. The summed E-state index contributed by atoms with van der Waals surface area (Å²) in [6, 6.07) is 5.49. The average molecular weight is 307 g/mol. The monoisotopic (exact) mass is 307 g/mol. The molecule has 1 aromatic heterocycles. The van der Waals surface area contributed by atoms with Crippen molar-refractivity contribution in [1.82, 2.24) is 4.98 Å². The normalized spacial score (nSPS) is 10.3. The van der Waals surface area contributed by atoms with E-state index in [1.807, 2.05) is 19.1 Å². The van der Waals surface area contributed by atoms with E-state index < -0.39 is 5.97 Å². The van der Waals surface area contributed by atoms with Crippen molar-refractivity contribution >= 4 is 17.3 Å². The Kier molecular flexibility index (Phi) is 4.80. The van der Waals surface area contributed by atoms with Crippen LogP contribution in [-0.2, 0) is 4.74 Å². The second-order valence-electron chi connectivity index (χ2n) is 4.21. The van der Waals surface area contributed by atoms with Gasteiger partial charge in [0.25, 0.3) is 0 Å². The number of hydrogen-bond acceptors (Lipinski definition) is 6. The second kappa shape index (κ2) is 6.58. The summed E-state index contributed by atoms with van der Waals surface area (Å²) in [6.07, 6.45) is 0. The van der Waals surface area contributed by atoms with Gasteiger partial charge in [0.2, 0.25) is 0 Å². The van der Waals surface area contributed by atoms with E-state index in [2.05, 4.69) is 4.98 Å². The summed E-state index contributed by atoms with van der Waals surface area (Å²) in [5, 5.41) is 0.718. The second-order valence-corrected chi connectivity index (χ2v) is 5.41. The molecule has 0 radical (unpaired) electrons. The highest BCUT2D eigenvalue weighted by atomic mass is 32.1. The van der Waals surface area contributed by atoms with Gasteiger partial charge in [0.15, 0.2) is 5.69 Å². The van der Waals surface area contributed by atoms with Gasteiger partial charge in [0.1, 0.15) is 16.5 Å². The highest BCUT2D eigenvalue weighted by Crippen LogP contribution is 2.36. The van der Waals surface area contributed by atoms with E-state index in [1.54, 1.807) is 27.2 Å². The largest absolute Gasteiger partial charge is 0.497 e. The Morgan fingerprint density at radius 3 is 2.67 bits per heavy atom. The molecule has 0 fully saturated rings. The van der Waals surface area contributed by atoms with Crippen LogP contribution in [0.3, 0.4) is 0 Å². The Bertz CT molecular complexity index is 651. The van der Waals surface area contributed by atoms with E-state index in [1.165, 1.54) is 11.3 Å². The maximum Gasteiger partial charge on any atom is 0.358 e. The maximum atomic E-state index is 11.8. The molecule has 1 aromatic carbocycles. The molecule has 2 aromatic rings. The van der Waals surface area contributed by atoms with Crippen molar-refractivity contribution in [2.75, 3.05) is 20.8 Å². The van der Waals surface area contributed by atoms with E-state index in [9.17, 15) is 4.79 Å². The summed E-state index contributed by atoms with van der Waals surface area (Å²) in [5.41, 5.74) is 1.18. The minimum Gasteiger partial charge on any atom is -0.497 e. The first-order valence-electron chi connectivity index (χ1n) is 6.47. The number of methoxy groups -OCH3 is 2. The summed E-state index contributed by atoms with van der Waals surface area (Å²) in [4.78, 5) is 17.0. The van der Waals surface area contributed by atoms with E-state index in [-0.39, 0.29) is 0 Å². The molecule has 0 unspecified atom stereocenters. The van der Waals surface area contributed by atoms with Crippen LogP contribution in [0.2, 0.25) is 0 Å². The van der Waals surface area contributed by atoms with E-state index >= 15 is 0 Å². The van der Waals surface area contributed by atoms with Gasteiger partial charge in [0, 0.05) is 10.9 Å². The third kappa shape index (κ3) is 3.16. The van der Waals surface area contributed by atoms with Crippen molar-refractivity contribution in [3.63, 3.8) is 0 Å². The SMILES string of the molecule is CCOC(=O)c1nc(-c2ccc(OC)cc2OC)sc1C. The fourth-order valence-corrected chi connectivity index (χ4v) is 2.81. The van der Waals surface area contributed by atoms with E-state index in [4.69, 9.17) is 14.2 Å². The average Bonchev–Trinajstić information content (AvgIpc) is 2.88. The van der Waals surface area contributed by atoms with Gasteiger partial charge in [-0.2, -0.15) is 0 Å². The lowest BCUT2D eigenvalue weighted by atomic mass is 10.2. The molecule has 0 saturated carbocycles. The van der Waals surface area contributed by atoms with E-state index in [0.717, 1.165) is 15.4 Å². The molecular formula is C15H17NO4S. The number of hydrogen-bond donors (Lipinski definition) is 0. The predicted molar refractivity (Wildman–Crippen MR) is 81.3 cm³/mol. The van der Waals surface area contributed by atoms with Gasteiger partial charge < -0.3 is 14.2 Å². The number of thiazole rings is 1. The Balaban J connectivity index is 2.43. The molecule has 0 spiro atoms. The summed E-state index contributed by atoms with van der Waals surface area (Å²) < 4.78 is 15.6. The number of ether oxygens (including phenoxy) is 3. The van der Waals surface area contributed by atoms with Crippen LogP contribution in [-0.4, -0.2) is 31.8 Å². The van der Waals surface area contributed by atoms with Crippen LogP contribution in [0.1, 0.15) is 22.3 Å². The molecule has 0 atom stereocenters. The van der Waals surface area contributed by atoms with Gasteiger partial charge in [-0.05, 0) is 26.0 Å². The molecule has 5 nitrogen and oxygen atoms in total. The summed E-state index contributed by atoms with van der Waals surface area (Å²) in [5.74, 6) is 0.956. The Morgan fingerprint density at radius 2 is 2.05 bits per heavy atom. The quantitative estimate of drug-likeness (QED) is 0.793. The number of aryl methyl sites for hydroxylation is 1. The molecule has 2 rings (SSSR count). The molecule has 0 aliphatic rings. The van der Waals surface area contributed by atoms with Crippen molar-refractivity contribution < 1.29 is 19.0 Å². The highest BCUT2D eigenvalue weighted by molar-refractivity contribution is 7.15. The van der Waals surface area contributed by atoms with Crippen LogP contribution in [0.4, 0.5) is 0 Å². The molecule has 1 heterocycles. The first-order chi connectivity index (χ1) is 10.1. The third-order valence-electron chi connectivity index (χ3n) is 2.90. The molecule has 0 amide bonds. The number of nitrogens with zero attached hydrogens (tertiary/aromatic N) is 1. The van der Waals surface area contributed by atoms with Gasteiger partial charge in [-0.15, -0.1) is 11.3 Å². The van der Waals surface area contributed by atoms with Gasteiger partial charge >= 0.3 is 5.97 Å². The lowest BCUT2D eigenvalue weighted by Gasteiger charge is -2.08. The fourth-order valence-electron chi connectivity index (χ4n) is 1.88. The molecule has 21 heavy (non-hydrogen) atoms. The smallest absolute Gasteiger partial charge is 0.358 e. The lowest BCUT2D eigenvalue weighted by molar-refractivity contribution is 0.0519. The maximum absolute atomic E-state index is 11.8. The minimum atomic E-state index is -0.398. The van der Waals surface area contributed by atoms with Gasteiger partial charge in [0.05, 0.1) is 26.4 Å². The van der Waals surface area contributed by atoms with Crippen LogP contribution < -0.4 is 9.47 Å². The van der Waals surface area contributed by atoms with Gasteiger partial charge in [-0.25, -0.2) is 9.78 Å². The third-order valence-corrected chi connectivity index (χ3v) is 3.91. The highest BCUT2D eigenvalue weighted by Gasteiger charge is 2.19. The van der Waals surface area contributed by atoms with Crippen LogP contribution >= 0.6 is 11.3 Å². The fraction of sp³-hybridized carbons (Fsp3) is 0.333. The molecule has 0 N–H and O–H groups in total. The van der Waals surface area contributed by atoms with Crippen LogP contribution in [0, 0.1) is 6.92 Å². The van der Waals surface area contributed by atoms with Crippen molar-refractivity contribution in [2.24, 2.45) is 0 Å². The standard InChI is InChI=1S/C15H17NO4S/c1-5-20-15(17)13-9(2)21-14(16-13)11-7-6-10(18-3)8-12(11)19-4/h6-8H,5H2,1-4H3. The zero-order chi connectivity index (χ0) is 15.4. The van der Waals surface area contributed by atoms with Crippen molar-refractivity contribution in [3.8, 4) is 22.1 Å². The first kappa shape index (κ1) is 15.3. The van der Waals surface area contributed by atoms with Crippen molar-refractivity contribution in [3.05, 3.63) is 28.8 Å². The topological polar surface area (TPSA) is 57.7 Å². The Hall–Kier alpha value is -2.08. The number of carbonyl (C=O) groups is 1. The molecule has 0 aliphatic heterocycles. The number of rotatable bonds is 5. The van der Waals surface area contributed by atoms with Crippen LogP contribution in [0.25, 0.3) is 10.6 Å². The van der Waals surface area contributed by atoms with Gasteiger partial charge in [-0.1, -0.05) is 0 Å². The number of aromatic nitrogens is 1. The Morgan fingerprint density at radius 1 is 1.29 bits per heavy atom. The number of benzene rings is 1. The molecule has 112 valence electrons. The summed E-state index contributed by atoms with van der Waals surface area (Å²) >= 11 is 1.43. The van der Waals surface area contributed by atoms with Crippen LogP contribution in [0.15, 0.2) is 18.2 Å². The Labute approximate surface area is 127 Å². The lowest BCUT2D eigenvalue weighted by Crippen LogP contribution is -2.06. The molecule has 0 aliphatic carbocycles. The number of carbonyl (C=O) groups excluding carboxylic acids is 1. The van der Waals surface area contributed by atoms with Gasteiger partial charge in [-0.3, -0.25) is 0 Å². The van der Waals surface area contributed by atoms with E-state index in [0.29, 0.717) is 23.8 Å². The number of esters is 1. The zero-order valence-electron chi connectivity index (χ0n) is 12.4. The summed E-state index contributed by atoms with van der Waals surface area (Å²) in [6.45, 7) is 3.95. The molecule has 0 bridgehead atoms. The molecule has 0 saturated heterocycles. The molecular weight excluding hydrogens is 290 g/mol.